The van der Waals surface area contributed by atoms with Crippen molar-refractivity contribution in [2.45, 2.75) is 32.7 Å². The van der Waals surface area contributed by atoms with E-state index in [1.807, 2.05) is 11.8 Å². The van der Waals surface area contributed by atoms with Crippen molar-refractivity contribution in [2.24, 2.45) is 0 Å². The van der Waals surface area contributed by atoms with Crippen LogP contribution in [0.2, 0.25) is 0 Å². The van der Waals surface area contributed by atoms with Crippen LogP contribution in [0.5, 0.6) is 0 Å². The molecular weight excluding hydrogens is 220 g/mol. The number of nitrogens with zero attached hydrogens (tertiary/aromatic N) is 1. The van der Waals surface area contributed by atoms with Crippen molar-refractivity contribution in [1.82, 2.24) is 10.2 Å². The number of aliphatic hydroxyl groups excluding tert-OH is 1. The van der Waals surface area contributed by atoms with Crippen molar-refractivity contribution in [3.8, 4) is 0 Å². The molecule has 0 spiro atoms. The number of methoxy groups -OCH3 is 1. The van der Waals surface area contributed by atoms with Gasteiger partial charge in [0.25, 0.3) is 0 Å². The Morgan fingerprint density at radius 3 is 2.71 bits per heavy atom. The van der Waals surface area contributed by atoms with Gasteiger partial charge in [0.2, 0.25) is 5.91 Å². The first-order chi connectivity index (χ1) is 8.13. The maximum Gasteiger partial charge on any atom is 0.234 e. The molecule has 0 aromatic heterocycles. The lowest BCUT2D eigenvalue weighted by molar-refractivity contribution is -0.123. The summed E-state index contributed by atoms with van der Waals surface area (Å²) in [5, 5.41) is 11.8. The van der Waals surface area contributed by atoms with Crippen LogP contribution in [0, 0.1) is 0 Å². The number of aliphatic hydroxyl groups is 1. The maximum absolute atomic E-state index is 11.7. The molecule has 0 rings (SSSR count). The Morgan fingerprint density at radius 2 is 2.18 bits per heavy atom. The second kappa shape index (κ2) is 10.5. The summed E-state index contributed by atoms with van der Waals surface area (Å²) in [7, 11) is 1.63. The molecule has 5 heteroatoms. The third kappa shape index (κ3) is 9.09. The first-order valence-electron chi connectivity index (χ1n) is 6.25. The second-order valence-electron chi connectivity index (χ2n) is 4.25. The topological polar surface area (TPSA) is 61.8 Å². The quantitative estimate of drug-likeness (QED) is 0.579. The molecule has 0 aromatic rings. The van der Waals surface area contributed by atoms with Crippen LogP contribution < -0.4 is 5.32 Å². The van der Waals surface area contributed by atoms with Gasteiger partial charge in [-0.25, -0.2) is 0 Å². The van der Waals surface area contributed by atoms with Gasteiger partial charge in [-0.2, -0.15) is 0 Å². The minimum atomic E-state index is 0.00973. The van der Waals surface area contributed by atoms with Crippen LogP contribution in [0.1, 0.15) is 26.7 Å². The molecule has 17 heavy (non-hydrogen) atoms. The molecule has 0 saturated carbocycles. The highest BCUT2D eigenvalue weighted by Crippen LogP contribution is 1.95. The Morgan fingerprint density at radius 1 is 1.47 bits per heavy atom. The van der Waals surface area contributed by atoms with E-state index in [-0.39, 0.29) is 18.6 Å². The number of carbonyl (C=O) groups excluding carboxylic acids is 1. The zero-order chi connectivity index (χ0) is 13.1. The molecule has 1 amide bonds. The summed E-state index contributed by atoms with van der Waals surface area (Å²) in [6, 6.07) is 0.214. The molecular formula is C12H26N2O3. The zero-order valence-electron chi connectivity index (χ0n) is 11.2. The van der Waals surface area contributed by atoms with Crippen LogP contribution >= 0.6 is 0 Å². The highest BCUT2D eigenvalue weighted by Gasteiger charge is 2.11. The molecule has 0 fully saturated rings. The Labute approximate surface area is 104 Å². The zero-order valence-corrected chi connectivity index (χ0v) is 11.2. The number of nitrogens with one attached hydrogen (secondary N) is 1. The van der Waals surface area contributed by atoms with Crippen molar-refractivity contribution < 1.29 is 14.6 Å². The Kier molecular flexibility index (Phi) is 10.1. The molecule has 1 atom stereocenters. The predicted molar refractivity (Wildman–Crippen MR) is 67.9 cm³/mol. The van der Waals surface area contributed by atoms with Crippen LogP contribution in [0.15, 0.2) is 0 Å². The van der Waals surface area contributed by atoms with E-state index in [4.69, 9.17) is 9.84 Å². The number of hydrogen-bond donors (Lipinski definition) is 2. The summed E-state index contributed by atoms with van der Waals surface area (Å²) < 4.78 is 4.96. The number of rotatable bonds is 10. The van der Waals surface area contributed by atoms with E-state index >= 15 is 0 Å². The lowest BCUT2D eigenvalue weighted by Gasteiger charge is -2.21. The molecule has 0 aliphatic carbocycles. The van der Waals surface area contributed by atoms with Gasteiger partial charge in [-0.15, -0.1) is 0 Å². The molecule has 0 saturated heterocycles. The van der Waals surface area contributed by atoms with E-state index in [9.17, 15) is 4.79 Å². The van der Waals surface area contributed by atoms with Gasteiger partial charge in [0.1, 0.15) is 0 Å². The Hall–Kier alpha value is -0.650. The summed E-state index contributed by atoms with van der Waals surface area (Å²) in [5.41, 5.74) is 0. The fourth-order valence-electron chi connectivity index (χ4n) is 1.66. The summed E-state index contributed by atoms with van der Waals surface area (Å²) in [6.45, 7) is 6.20. The number of ether oxygens (including phenoxy) is 1. The van der Waals surface area contributed by atoms with E-state index in [0.29, 0.717) is 26.2 Å². The van der Waals surface area contributed by atoms with Gasteiger partial charge < -0.3 is 15.2 Å². The monoisotopic (exact) mass is 246 g/mol. The van der Waals surface area contributed by atoms with Crippen molar-refractivity contribution in [2.75, 3.05) is 40.0 Å². The van der Waals surface area contributed by atoms with E-state index in [2.05, 4.69) is 12.2 Å². The number of hydrogen-bond acceptors (Lipinski definition) is 4. The van der Waals surface area contributed by atoms with Crippen LogP contribution in [0.25, 0.3) is 0 Å². The van der Waals surface area contributed by atoms with E-state index < -0.39 is 0 Å². The average molecular weight is 246 g/mol. The average Bonchev–Trinajstić information content (AvgIpc) is 2.26. The Bertz CT molecular complexity index is 200. The molecule has 0 radical (unpaired) electrons. The van der Waals surface area contributed by atoms with Crippen LogP contribution in [0.4, 0.5) is 0 Å². The standard InChI is InChI=1S/C12H26N2O3/c1-4-5-11(2)13-12(16)10-14(6-8-15)7-9-17-3/h11,15H,4-10H2,1-3H3,(H,13,16). The Balaban J connectivity index is 3.93. The van der Waals surface area contributed by atoms with Crippen LogP contribution in [-0.2, 0) is 9.53 Å². The van der Waals surface area contributed by atoms with Gasteiger partial charge in [0, 0.05) is 26.2 Å². The second-order valence-corrected chi connectivity index (χ2v) is 4.25. The molecule has 0 aromatic carbocycles. The molecule has 0 aliphatic rings. The molecule has 0 aliphatic heterocycles. The number of carbonyl (C=O) groups is 1. The van der Waals surface area contributed by atoms with Crippen molar-refractivity contribution in [3.05, 3.63) is 0 Å². The van der Waals surface area contributed by atoms with Crippen molar-refractivity contribution in [1.29, 1.82) is 0 Å². The maximum atomic E-state index is 11.7. The molecule has 0 bridgehead atoms. The number of amides is 1. The molecule has 2 N–H and O–H groups in total. The summed E-state index contributed by atoms with van der Waals surface area (Å²) in [6.07, 6.45) is 2.05. The molecule has 102 valence electrons. The minimum Gasteiger partial charge on any atom is -0.395 e. The highest BCUT2D eigenvalue weighted by atomic mass is 16.5. The van der Waals surface area contributed by atoms with Gasteiger partial charge in [-0.3, -0.25) is 9.69 Å². The molecule has 1 unspecified atom stereocenters. The van der Waals surface area contributed by atoms with Gasteiger partial charge in [-0.1, -0.05) is 13.3 Å². The van der Waals surface area contributed by atoms with E-state index in [1.165, 1.54) is 0 Å². The van der Waals surface area contributed by atoms with Gasteiger partial charge in [-0.05, 0) is 13.3 Å². The third-order valence-corrected chi connectivity index (χ3v) is 2.52. The minimum absolute atomic E-state index is 0.00973. The first-order valence-corrected chi connectivity index (χ1v) is 6.25. The fraction of sp³-hybridized carbons (Fsp3) is 0.917. The molecule has 0 heterocycles. The highest BCUT2D eigenvalue weighted by molar-refractivity contribution is 5.78. The lowest BCUT2D eigenvalue weighted by atomic mass is 10.2. The van der Waals surface area contributed by atoms with E-state index in [1.54, 1.807) is 7.11 Å². The SMILES string of the molecule is CCCC(C)NC(=O)CN(CCO)CCOC. The normalized spacial score (nSPS) is 12.8. The summed E-state index contributed by atoms with van der Waals surface area (Å²) in [5.74, 6) is 0.00973. The third-order valence-electron chi connectivity index (χ3n) is 2.52. The van der Waals surface area contributed by atoms with Gasteiger partial charge in [0.15, 0.2) is 0 Å². The van der Waals surface area contributed by atoms with Crippen molar-refractivity contribution in [3.63, 3.8) is 0 Å². The summed E-state index contributed by atoms with van der Waals surface area (Å²) >= 11 is 0. The van der Waals surface area contributed by atoms with Gasteiger partial charge in [0.05, 0.1) is 19.8 Å². The van der Waals surface area contributed by atoms with Crippen LogP contribution in [0.3, 0.4) is 0 Å². The fourth-order valence-corrected chi connectivity index (χ4v) is 1.66. The van der Waals surface area contributed by atoms with Crippen LogP contribution in [-0.4, -0.2) is 61.9 Å². The van der Waals surface area contributed by atoms with E-state index in [0.717, 1.165) is 12.8 Å². The predicted octanol–water partition coefficient (Wildman–Crippen LogP) is 0.232. The summed E-state index contributed by atoms with van der Waals surface area (Å²) in [4.78, 5) is 13.6. The largest absolute Gasteiger partial charge is 0.395 e. The molecule has 5 nitrogen and oxygen atoms in total. The van der Waals surface area contributed by atoms with Crippen molar-refractivity contribution >= 4 is 5.91 Å². The lowest BCUT2D eigenvalue weighted by Crippen LogP contribution is -2.43. The smallest absolute Gasteiger partial charge is 0.234 e. The first kappa shape index (κ1) is 16.4. The van der Waals surface area contributed by atoms with Gasteiger partial charge >= 0.3 is 0 Å².